The lowest BCUT2D eigenvalue weighted by molar-refractivity contribution is -0.115. The Hall–Kier alpha value is -2.75. The standard InChI is InChI=1S/C21H28N4O4S/c1-5-29-21(28)17-13(2)18(19(22)27)30-20(17)24-16(26)12-23-11-15(25(3)4)14-9-7-6-8-10-14/h6-10,15,23H,5,11-12H2,1-4H3,(H2,22,27)(H,24,26)/t15-/m1/s1. The molecule has 1 heterocycles. The molecule has 0 aliphatic carbocycles. The topological polar surface area (TPSA) is 114 Å². The fourth-order valence-electron chi connectivity index (χ4n) is 3.05. The lowest BCUT2D eigenvalue weighted by atomic mass is 10.1. The summed E-state index contributed by atoms with van der Waals surface area (Å²) in [4.78, 5) is 38.7. The summed E-state index contributed by atoms with van der Waals surface area (Å²) < 4.78 is 5.06. The van der Waals surface area contributed by atoms with Gasteiger partial charge in [0.05, 0.1) is 23.6 Å². The number of hydrogen-bond donors (Lipinski definition) is 3. The summed E-state index contributed by atoms with van der Waals surface area (Å²) in [6, 6.07) is 10.1. The van der Waals surface area contributed by atoms with Crippen molar-refractivity contribution < 1.29 is 19.1 Å². The van der Waals surface area contributed by atoms with E-state index in [1.54, 1.807) is 13.8 Å². The van der Waals surface area contributed by atoms with Gasteiger partial charge in [-0.15, -0.1) is 11.3 Å². The Kier molecular flexibility index (Phi) is 8.52. The number of carbonyl (C=O) groups is 3. The van der Waals surface area contributed by atoms with Gasteiger partial charge >= 0.3 is 5.97 Å². The highest BCUT2D eigenvalue weighted by Crippen LogP contribution is 2.33. The Morgan fingerprint density at radius 1 is 1.20 bits per heavy atom. The van der Waals surface area contributed by atoms with Gasteiger partial charge in [-0.2, -0.15) is 0 Å². The van der Waals surface area contributed by atoms with Crippen LogP contribution < -0.4 is 16.4 Å². The monoisotopic (exact) mass is 432 g/mol. The first kappa shape index (κ1) is 23.5. The van der Waals surface area contributed by atoms with Crippen LogP contribution in [-0.4, -0.2) is 56.5 Å². The maximum atomic E-state index is 12.5. The Morgan fingerprint density at radius 2 is 1.87 bits per heavy atom. The van der Waals surface area contributed by atoms with Crippen molar-refractivity contribution in [2.75, 3.05) is 39.1 Å². The van der Waals surface area contributed by atoms with Crippen LogP contribution in [0.15, 0.2) is 30.3 Å². The number of nitrogens with zero attached hydrogens (tertiary/aromatic N) is 1. The quantitative estimate of drug-likeness (QED) is 0.496. The third-order valence-corrected chi connectivity index (χ3v) is 5.76. The van der Waals surface area contributed by atoms with E-state index in [1.165, 1.54) is 0 Å². The van der Waals surface area contributed by atoms with E-state index < -0.39 is 11.9 Å². The Labute approximate surface area is 180 Å². The van der Waals surface area contributed by atoms with Crippen molar-refractivity contribution in [2.45, 2.75) is 19.9 Å². The molecule has 0 fully saturated rings. The Morgan fingerprint density at radius 3 is 2.43 bits per heavy atom. The number of benzene rings is 1. The van der Waals surface area contributed by atoms with Gasteiger partial charge in [-0.1, -0.05) is 30.3 Å². The SMILES string of the molecule is CCOC(=O)c1c(NC(=O)CNC[C@H](c2ccccc2)N(C)C)sc(C(N)=O)c1C. The molecule has 8 nitrogen and oxygen atoms in total. The largest absolute Gasteiger partial charge is 0.462 e. The molecule has 2 aromatic rings. The summed E-state index contributed by atoms with van der Waals surface area (Å²) in [6.07, 6.45) is 0. The summed E-state index contributed by atoms with van der Waals surface area (Å²) in [6.45, 7) is 4.08. The molecule has 0 aliphatic heterocycles. The van der Waals surface area contributed by atoms with E-state index in [9.17, 15) is 14.4 Å². The number of carbonyl (C=O) groups excluding carboxylic acids is 3. The number of nitrogens with two attached hydrogens (primary N) is 1. The molecule has 0 radical (unpaired) electrons. The molecular formula is C21H28N4O4S. The first-order chi connectivity index (χ1) is 14.3. The highest BCUT2D eigenvalue weighted by molar-refractivity contribution is 7.18. The first-order valence-corrected chi connectivity index (χ1v) is 10.4. The number of anilines is 1. The van der Waals surface area contributed by atoms with Gasteiger partial charge < -0.3 is 26.0 Å². The minimum atomic E-state index is -0.654. The lowest BCUT2D eigenvalue weighted by Crippen LogP contribution is -2.35. The van der Waals surface area contributed by atoms with Crippen LogP contribution in [0.3, 0.4) is 0 Å². The summed E-state index contributed by atoms with van der Waals surface area (Å²) >= 11 is 0.975. The number of likely N-dealkylation sites (N-methyl/N-ethyl adjacent to an activating group) is 1. The molecule has 0 saturated heterocycles. The van der Waals surface area contributed by atoms with E-state index in [0.717, 1.165) is 16.9 Å². The van der Waals surface area contributed by atoms with Crippen molar-refractivity contribution in [3.8, 4) is 0 Å². The molecule has 162 valence electrons. The molecule has 0 spiro atoms. The zero-order chi connectivity index (χ0) is 22.3. The molecule has 2 amide bonds. The number of hydrogen-bond acceptors (Lipinski definition) is 7. The molecule has 0 saturated carbocycles. The zero-order valence-corrected chi connectivity index (χ0v) is 18.5. The highest BCUT2D eigenvalue weighted by atomic mass is 32.1. The number of primary amides is 1. The van der Waals surface area contributed by atoms with Gasteiger partial charge in [-0.05, 0) is 39.1 Å². The first-order valence-electron chi connectivity index (χ1n) is 9.58. The van der Waals surface area contributed by atoms with E-state index >= 15 is 0 Å². The average Bonchev–Trinajstić information content (AvgIpc) is 3.02. The predicted octanol–water partition coefficient (Wildman–Crippen LogP) is 2.16. The molecule has 2 rings (SSSR count). The van der Waals surface area contributed by atoms with Crippen LogP contribution in [0.25, 0.3) is 0 Å². The average molecular weight is 433 g/mol. The van der Waals surface area contributed by atoms with Gasteiger partial charge in [-0.3, -0.25) is 9.59 Å². The number of thiophene rings is 1. The predicted molar refractivity (Wildman–Crippen MR) is 118 cm³/mol. The van der Waals surface area contributed by atoms with Crippen LogP contribution in [0.1, 0.15) is 44.1 Å². The van der Waals surface area contributed by atoms with E-state index in [2.05, 4.69) is 15.5 Å². The second kappa shape index (κ2) is 10.9. The second-order valence-electron chi connectivity index (χ2n) is 6.91. The third-order valence-electron chi connectivity index (χ3n) is 4.53. The lowest BCUT2D eigenvalue weighted by Gasteiger charge is -2.25. The zero-order valence-electron chi connectivity index (χ0n) is 17.7. The number of rotatable bonds is 10. The van der Waals surface area contributed by atoms with Gasteiger partial charge in [-0.25, -0.2) is 4.79 Å². The smallest absolute Gasteiger partial charge is 0.341 e. The molecule has 0 bridgehead atoms. The van der Waals surface area contributed by atoms with Crippen molar-refractivity contribution >= 4 is 34.1 Å². The van der Waals surface area contributed by atoms with Crippen LogP contribution in [0.4, 0.5) is 5.00 Å². The van der Waals surface area contributed by atoms with Crippen LogP contribution in [-0.2, 0) is 9.53 Å². The number of esters is 1. The van der Waals surface area contributed by atoms with Crippen molar-refractivity contribution in [1.29, 1.82) is 0 Å². The minimum absolute atomic E-state index is 0.0439. The van der Waals surface area contributed by atoms with Crippen LogP contribution in [0.2, 0.25) is 0 Å². The van der Waals surface area contributed by atoms with Gasteiger partial charge in [0.25, 0.3) is 5.91 Å². The third kappa shape index (κ3) is 5.88. The maximum absolute atomic E-state index is 12.5. The molecule has 0 aliphatic rings. The maximum Gasteiger partial charge on any atom is 0.341 e. The van der Waals surface area contributed by atoms with Crippen molar-refractivity contribution in [1.82, 2.24) is 10.2 Å². The highest BCUT2D eigenvalue weighted by Gasteiger charge is 2.25. The molecular weight excluding hydrogens is 404 g/mol. The molecule has 1 atom stereocenters. The molecule has 1 aromatic carbocycles. The summed E-state index contributed by atoms with van der Waals surface area (Å²) in [5.74, 6) is -1.58. The number of nitrogens with one attached hydrogen (secondary N) is 2. The molecule has 4 N–H and O–H groups in total. The fourth-order valence-corrected chi connectivity index (χ4v) is 4.12. The van der Waals surface area contributed by atoms with Crippen molar-refractivity contribution in [3.05, 3.63) is 51.9 Å². The normalized spacial score (nSPS) is 11.9. The number of ether oxygens (including phenoxy) is 1. The van der Waals surface area contributed by atoms with E-state index in [0.29, 0.717) is 12.1 Å². The summed E-state index contributed by atoms with van der Waals surface area (Å²) in [7, 11) is 3.95. The molecule has 30 heavy (non-hydrogen) atoms. The Balaban J connectivity index is 2.06. The fraction of sp³-hybridized carbons (Fsp3) is 0.381. The Bertz CT molecular complexity index is 896. The number of amides is 2. The summed E-state index contributed by atoms with van der Waals surface area (Å²) in [5, 5.41) is 6.11. The minimum Gasteiger partial charge on any atom is -0.462 e. The van der Waals surface area contributed by atoms with Gasteiger partial charge in [0, 0.05) is 12.6 Å². The van der Waals surface area contributed by atoms with Gasteiger partial charge in [0.1, 0.15) is 5.00 Å². The van der Waals surface area contributed by atoms with Crippen molar-refractivity contribution in [3.63, 3.8) is 0 Å². The van der Waals surface area contributed by atoms with Crippen LogP contribution >= 0.6 is 11.3 Å². The summed E-state index contributed by atoms with van der Waals surface area (Å²) in [5.41, 5.74) is 7.10. The van der Waals surface area contributed by atoms with Gasteiger partial charge in [0.15, 0.2) is 0 Å². The van der Waals surface area contributed by atoms with E-state index in [-0.39, 0.29) is 40.5 Å². The molecule has 9 heteroatoms. The van der Waals surface area contributed by atoms with Crippen LogP contribution in [0.5, 0.6) is 0 Å². The van der Waals surface area contributed by atoms with Crippen molar-refractivity contribution in [2.24, 2.45) is 5.73 Å². The van der Waals surface area contributed by atoms with Crippen LogP contribution in [0, 0.1) is 6.92 Å². The van der Waals surface area contributed by atoms with Gasteiger partial charge in [0.2, 0.25) is 5.91 Å². The second-order valence-corrected chi connectivity index (χ2v) is 7.93. The molecule has 1 aromatic heterocycles. The van der Waals surface area contributed by atoms with E-state index in [4.69, 9.17) is 10.5 Å². The van der Waals surface area contributed by atoms with E-state index in [1.807, 2.05) is 44.4 Å². The molecule has 0 unspecified atom stereocenters.